The first kappa shape index (κ1) is 18.6. The Hall–Kier alpha value is -0.440. The van der Waals surface area contributed by atoms with Crippen LogP contribution in [0.15, 0.2) is 22.7 Å². The summed E-state index contributed by atoms with van der Waals surface area (Å²) in [6, 6.07) is 5.42. The Bertz CT molecular complexity index is 432. The smallest absolute Gasteiger partial charge is 0.441 e. The molecule has 0 aliphatic rings. The summed E-state index contributed by atoms with van der Waals surface area (Å²) < 4.78 is 47.4. The Balaban J connectivity index is 2.48. The van der Waals surface area contributed by atoms with Gasteiger partial charge in [-0.05, 0) is 30.0 Å². The van der Waals surface area contributed by atoms with Crippen LogP contribution in [0.25, 0.3) is 0 Å². The van der Waals surface area contributed by atoms with E-state index in [-0.39, 0.29) is 24.1 Å². The van der Waals surface area contributed by atoms with Gasteiger partial charge in [0.1, 0.15) is 5.75 Å². The minimum absolute atomic E-state index is 0.0108. The van der Waals surface area contributed by atoms with Crippen LogP contribution in [0.1, 0.15) is 5.56 Å². The highest BCUT2D eigenvalue weighted by Crippen LogP contribution is 2.30. The summed E-state index contributed by atoms with van der Waals surface area (Å²) in [5, 5.41) is 3.17. The van der Waals surface area contributed by atoms with Crippen molar-refractivity contribution in [1.29, 1.82) is 0 Å². The normalized spacial score (nSPS) is 11.7. The molecule has 0 amide bonds. The van der Waals surface area contributed by atoms with E-state index < -0.39 is 5.51 Å². The molecule has 0 aliphatic heterocycles. The number of thioether (sulfide) groups is 1. The first-order valence-electron chi connectivity index (χ1n) is 6.24. The molecular formula is C13H17BrF3NO2S. The monoisotopic (exact) mass is 387 g/mol. The second-order valence-electron chi connectivity index (χ2n) is 4.06. The number of ether oxygens (including phenoxy) is 2. The highest BCUT2D eigenvalue weighted by Gasteiger charge is 2.27. The van der Waals surface area contributed by atoms with E-state index >= 15 is 0 Å². The third-order valence-electron chi connectivity index (χ3n) is 2.43. The number of alkyl halides is 3. The van der Waals surface area contributed by atoms with E-state index in [0.29, 0.717) is 25.4 Å². The maximum absolute atomic E-state index is 12.0. The van der Waals surface area contributed by atoms with Crippen LogP contribution in [0, 0.1) is 0 Å². The Kier molecular flexibility index (Phi) is 8.46. The number of nitrogens with one attached hydrogen (secondary N) is 1. The van der Waals surface area contributed by atoms with Gasteiger partial charge in [0.2, 0.25) is 0 Å². The van der Waals surface area contributed by atoms with E-state index in [1.165, 1.54) is 0 Å². The molecule has 0 saturated heterocycles. The zero-order chi connectivity index (χ0) is 15.7. The predicted molar refractivity (Wildman–Crippen MR) is 81.7 cm³/mol. The molecule has 0 bridgehead atoms. The molecule has 0 aliphatic carbocycles. The van der Waals surface area contributed by atoms with Gasteiger partial charge in [0.05, 0.1) is 13.2 Å². The average Bonchev–Trinajstić information content (AvgIpc) is 2.40. The fraction of sp³-hybridized carbons (Fsp3) is 0.538. The SMILES string of the molecule is COCCNCc1cc(Br)ccc1OCCSC(F)(F)F. The van der Waals surface area contributed by atoms with Gasteiger partial charge in [-0.15, -0.1) is 0 Å². The Labute approximate surface area is 134 Å². The van der Waals surface area contributed by atoms with E-state index in [1.807, 2.05) is 6.07 Å². The van der Waals surface area contributed by atoms with E-state index in [0.717, 1.165) is 10.0 Å². The summed E-state index contributed by atoms with van der Waals surface area (Å²) >= 11 is 3.29. The van der Waals surface area contributed by atoms with Gasteiger partial charge >= 0.3 is 5.51 Å². The van der Waals surface area contributed by atoms with Gasteiger partial charge in [-0.25, -0.2) is 0 Å². The van der Waals surface area contributed by atoms with Gasteiger partial charge in [-0.3, -0.25) is 0 Å². The van der Waals surface area contributed by atoms with E-state index in [1.54, 1.807) is 19.2 Å². The summed E-state index contributed by atoms with van der Waals surface area (Å²) in [6.07, 6.45) is 0. The molecule has 0 heterocycles. The van der Waals surface area contributed by atoms with Crippen molar-refractivity contribution < 1.29 is 22.6 Å². The maximum Gasteiger partial charge on any atom is 0.441 e. The van der Waals surface area contributed by atoms with Crippen molar-refractivity contribution in [2.75, 3.05) is 32.6 Å². The third-order valence-corrected chi connectivity index (χ3v) is 3.62. The molecule has 120 valence electrons. The average molecular weight is 388 g/mol. The standard InChI is InChI=1S/C13H17BrF3NO2S/c1-19-5-4-18-9-10-8-11(14)2-3-12(10)20-6-7-21-13(15,16)17/h2-3,8,18H,4-7,9H2,1H3. The number of hydrogen-bond acceptors (Lipinski definition) is 4. The molecule has 3 nitrogen and oxygen atoms in total. The minimum atomic E-state index is -4.21. The van der Waals surface area contributed by atoms with Crippen LogP contribution in [0.2, 0.25) is 0 Å². The van der Waals surface area contributed by atoms with Crippen molar-refractivity contribution >= 4 is 27.7 Å². The van der Waals surface area contributed by atoms with E-state index in [4.69, 9.17) is 9.47 Å². The number of halogens is 4. The molecule has 0 unspecified atom stereocenters. The fourth-order valence-electron chi connectivity index (χ4n) is 1.53. The summed E-state index contributed by atoms with van der Waals surface area (Å²) in [6.45, 7) is 1.85. The summed E-state index contributed by atoms with van der Waals surface area (Å²) in [5.74, 6) is 0.460. The van der Waals surface area contributed by atoms with Crippen LogP contribution in [-0.2, 0) is 11.3 Å². The molecule has 0 atom stereocenters. The van der Waals surface area contributed by atoms with Crippen LogP contribution in [0.4, 0.5) is 13.2 Å². The largest absolute Gasteiger partial charge is 0.492 e. The van der Waals surface area contributed by atoms with Crippen LogP contribution in [0.3, 0.4) is 0 Å². The van der Waals surface area contributed by atoms with Crippen molar-refractivity contribution in [3.05, 3.63) is 28.2 Å². The first-order chi connectivity index (χ1) is 9.92. The third kappa shape index (κ3) is 8.55. The summed E-state index contributed by atoms with van der Waals surface area (Å²) in [7, 11) is 1.62. The van der Waals surface area contributed by atoms with Gasteiger partial charge in [0, 0.05) is 36.0 Å². The molecule has 8 heteroatoms. The van der Waals surface area contributed by atoms with Gasteiger partial charge in [-0.1, -0.05) is 15.9 Å². The molecule has 0 spiro atoms. The molecule has 1 N–H and O–H groups in total. The number of benzene rings is 1. The van der Waals surface area contributed by atoms with Crippen molar-refractivity contribution in [2.45, 2.75) is 12.1 Å². The molecule has 1 rings (SSSR count). The molecule has 0 saturated carbocycles. The molecule has 1 aromatic carbocycles. The van der Waals surface area contributed by atoms with Gasteiger partial charge in [0.25, 0.3) is 0 Å². The first-order valence-corrected chi connectivity index (χ1v) is 8.02. The summed E-state index contributed by atoms with van der Waals surface area (Å²) in [5.41, 5.74) is -3.33. The molecule has 0 fully saturated rings. The Morgan fingerprint density at radius 2 is 2.05 bits per heavy atom. The Morgan fingerprint density at radius 3 is 2.71 bits per heavy atom. The lowest BCUT2D eigenvalue weighted by atomic mass is 10.2. The highest BCUT2D eigenvalue weighted by molar-refractivity contribution is 9.10. The van der Waals surface area contributed by atoms with Crippen molar-refractivity contribution in [1.82, 2.24) is 5.32 Å². The molecular weight excluding hydrogens is 371 g/mol. The lowest BCUT2D eigenvalue weighted by Crippen LogP contribution is -2.19. The van der Waals surface area contributed by atoms with Crippen LogP contribution in [-0.4, -0.2) is 38.1 Å². The van der Waals surface area contributed by atoms with Crippen LogP contribution < -0.4 is 10.1 Å². The molecule has 0 aromatic heterocycles. The van der Waals surface area contributed by atoms with Crippen LogP contribution in [0.5, 0.6) is 5.75 Å². The summed E-state index contributed by atoms with van der Waals surface area (Å²) in [4.78, 5) is 0. The Morgan fingerprint density at radius 1 is 1.29 bits per heavy atom. The van der Waals surface area contributed by atoms with E-state index in [9.17, 15) is 13.2 Å². The van der Waals surface area contributed by atoms with Crippen molar-refractivity contribution in [3.63, 3.8) is 0 Å². The quantitative estimate of drug-likeness (QED) is 0.652. The lowest BCUT2D eigenvalue weighted by Gasteiger charge is -2.13. The molecule has 0 radical (unpaired) electrons. The number of hydrogen-bond donors (Lipinski definition) is 1. The van der Waals surface area contributed by atoms with Gasteiger partial charge in [0.15, 0.2) is 0 Å². The van der Waals surface area contributed by atoms with Gasteiger partial charge in [-0.2, -0.15) is 13.2 Å². The van der Waals surface area contributed by atoms with Crippen LogP contribution >= 0.6 is 27.7 Å². The fourth-order valence-corrected chi connectivity index (χ4v) is 2.34. The van der Waals surface area contributed by atoms with E-state index in [2.05, 4.69) is 21.2 Å². The van der Waals surface area contributed by atoms with Gasteiger partial charge < -0.3 is 14.8 Å². The van der Waals surface area contributed by atoms with Crippen molar-refractivity contribution in [3.8, 4) is 5.75 Å². The zero-order valence-electron chi connectivity index (χ0n) is 11.5. The maximum atomic E-state index is 12.0. The highest BCUT2D eigenvalue weighted by atomic mass is 79.9. The molecule has 21 heavy (non-hydrogen) atoms. The number of rotatable bonds is 9. The van der Waals surface area contributed by atoms with Crippen molar-refractivity contribution in [2.24, 2.45) is 0 Å². The minimum Gasteiger partial charge on any atom is -0.492 e. The molecule has 1 aromatic rings. The topological polar surface area (TPSA) is 30.5 Å². The lowest BCUT2D eigenvalue weighted by molar-refractivity contribution is -0.0329. The second-order valence-corrected chi connectivity index (χ2v) is 6.14. The second kappa shape index (κ2) is 9.55. The zero-order valence-corrected chi connectivity index (χ0v) is 13.9. The number of methoxy groups -OCH3 is 1. The predicted octanol–water partition coefficient (Wildman–Crippen LogP) is 3.82.